The molecule has 0 saturated carbocycles. The van der Waals surface area contributed by atoms with Crippen molar-refractivity contribution in [1.29, 1.82) is 5.26 Å². The van der Waals surface area contributed by atoms with Gasteiger partial charge in [-0.2, -0.15) is 5.26 Å². The van der Waals surface area contributed by atoms with E-state index in [-0.39, 0.29) is 23.8 Å². The van der Waals surface area contributed by atoms with E-state index in [9.17, 15) is 4.79 Å². The SMILES string of the molecule is Cc1cc(NC(=O)c2coc3cc(F)c(N4CC(C)N(C)C(C)C4)cc23)cnc1-c1ccc(C#N)cc1. The number of benzene rings is 2. The third kappa shape index (κ3) is 4.66. The number of nitriles is 1. The summed E-state index contributed by atoms with van der Waals surface area (Å²) < 4.78 is 20.6. The van der Waals surface area contributed by atoms with Crippen LogP contribution >= 0.6 is 0 Å². The molecule has 2 unspecified atom stereocenters. The third-order valence-corrected chi connectivity index (χ3v) is 7.21. The molecule has 2 atom stereocenters. The van der Waals surface area contributed by atoms with Gasteiger partial charge in [-0.15, -0.1) is 0 Å². The van der Waals surface area contributed by atoms with Crippen LogP contribution in [0.15, 0.2) is 59.3 Å². The maximum absolute atomic E-state index is 15.0. The van der Waals surface area contributed by atoms with Gasteiger partial charge in [0.25, 0.3) is 5.91 Å². The number of likely N-dealkylation sites (N-methyl/N-ethyl adjacent to an activating group) is 1. The number of nitrogens with one attached hydrogen (secondary N) is 1. The molecule has 2 aromatic carbocycles. The van der Waals surface area contributed by atoms with Gasteiger partial charge >= 0.3 is 0 Å². The van der Waals surface area contributed by atoms with Crippen LogP contribution in [0.3, 0.4) is 0 Å². The van der Waals surface area contributed by atoms with Gasteiger partial charge in [0.15, 0.2) is 0 Å². The number of halogens is 1. The van der Waals surface area contributed by atoms with Crippen LogP contribution in [0.4, 0.5) is 15.8 Å². The summed E-state index contributed by atoms with van der Waals surface area (Å²) in [5, 5.41) is 12.5. The maximum Gasteiger partial charge on any atom is 0.259 e. The molecule has 1 fully saturated rings. The minimum absolute atomic E-state index is 0.272. The van der Waals surface area contributed by atoms with Crippen LogP contribution in [0, 0.1) is 24.1 Å². The number of piperazine rings is 1. The summed E-state index contributed by atoms with van der Waals surface area (Å²) in [4.78, 5) is 22.0. The quantitative estimate of drug-likeness (QED) is 0.395. The van der Waals surface area contributed by atoms with Crippen LogP contribution in [-0.2, 0) is 0 Å². The van der Waals surface area contributed by atoms with Crippen LogP contribution < -0.4 is 10.2 Å². The van der Waals surface area contributed by atoms with E-state index in [1.807, 2.05) is 30.0 Å². The number of pyridine rings is 1. The zero-order valence-electron chi connectivity index (χ0n) is 21.2. The molecule has 0 aliphatic carbocycles. The van der Waals surface area contributed by atoms with Crippen molar-refractivity contribution in [2.75, 3.05) is 30.4 Å². The molecule has 0 radical (unpaired) electrons. The molecule has 1 amide bonds. The molecule has 3 heterocycles. The Bertz CT molecular complexity index is 1510. The number of fused-ring (bicyclic) bond motifs is 1. The Morgan fingerprint density at radius 2 is 1.86 bits per heavy atom. The summed E-state index contributed by atoms with van der Waals surface area (Å²) in [6.45, 7) is 7.55. The molecule has 4 aromatic rings. The number of aryl methyl sites for hydroxylation is 1. The number of nitrogens with zero attached hydrogens (tertiary/aromatic N) is 4. The predicted octanol–water partition coefficient (Wildman–Crippen LogP) is 5.60. The minimum Gasteiger partial charge on any atom is -0.463 e. The lowest BCUT2D eigenvalue weighted by molar-refractivity contribution is 0.102. The summed E-state index contributed by atoms with van der Waals surface area (Å²) >= 11 is 0. The lowest BCUT2D eigenvalue weighted by atomic mass is 10.0. The summed E-state index contributed by atoms with van der Waals surface area (Å²) in [6.07, 6.45) is 2.96. The molecule has 2 aromatic heterocycles. The maximum atomic E-state index is 15.0. The number of hydrogen-bond donors (Lipinski definition) is 1. The van der Waals surface area contributed by atoms with Gasteiger partial charge < -0.3 is 14.6 Å². The lowest BCUT2D eigenvalue weighted by Gasteiger charge is -2.43. The van der Waals surface area contributed by atoms with E-state index in [4.69, 9.17) is 9.68 Å². The van der Waals surface area contributed by atoms with Gasteiger partial charge in [-0.25, -0.2) is 4.39 Å². The van der Waals surface area contributed by atoms with Crippen molar-refractivity contribution in [3.05, 3.63) is 77.4 Å². The van der Waals surface area contributed by atoms with Gasteiger partial charge in [0.1, 0.15) is 17.7 Å². The first-order valence-corrected chi connectivity index (χ1v) is 12.2. The standard InChI is InChI=1S/C29H28FN5O2/c1-17-9-22(13-32-28(17)21-7-5-20(12-31)6-8-21)33-29(36)24-16-37-27-11-25(30)26(10-23(24)27)35-14-18(2)34(4)19(3)15-35/h5-11,13,16,18-19H,14-15H2,1-4H3,(H,33,36). The second kappa shape index (κ2) is 9.68. The minimum atomic E-state index is -0.365. The fourth-order valence-electron chi connectivity index (χ4n) is 4.90. The fraction of sp³-hybridized carbons (Fsp3) is 0.276. The van der Waals surface area contributed by atoms with Gasteiger partial charge in [0.2, 0.25) is 0 Å². The first-order valence-electron chi connectivity index (χ1n) is 12.2. The molecule has 8 heteroatoms. The van der Waals surface area contributed by atoms with E-state index in [0.717, 1.165) is 16.8 Å². The molecule has 188 valence electrons. The number of rotatable bonds is 4. The van der Waals surface area contributed by atoms with Crippen molar-refractivity contribution in [2.45, 2.75) is 32.9 Å². The normalized spacial score (nSPS) is 18.1. The van der Waals surface area contributed by atoms with E-state index >= 15 is 4.39 Å². The number of furan rings is 1. The molecule has 7 nitrogen and oxygen atoms in total. The molecule has 37 heavy (non-hydrogen) atoms. The zero-order valence-corrected chi connectivity index (χ0v) is 21.2. The van der Waals surface area contributed by atoms with Crippen LogP contribution in [0.5, 0.6) is 0 Å². The number of carbonyl (C=O) groups excluding carboxylic acids is 1. The first kappa shape index (κ1) is 24.5. The monoisotopic (exact) mass is 497 g/mol. The Balaban J connectivity index is 1.40. The van der Waals surface area contributed by atoms with E-state index in [1.54, 1.807) is 24.4 Å². The highest BCUT2D eigenvalue weighted by atomic mass is 19.1. The summed E-state index contributed by atoms with van der Waals surface area (Å²) in [5.74, 6) is -0.722. The van der Waals surface area contributed by atoms with Crippen LogP contribution in [0.25, 0.3) is 22.2 Å². The van der Waals surface area contributed by atoms with Crippen molar-refractivity contribution in [1.82, 2.24) is 9.88 Å². The predicted molar refractivity (Wildman–Crippen MR) is 142 cm³/mol. The number of hydrogen-bond acceptors (Lipinski definition) is 6. The molecule has 1 saturated heterocycles. The number of amides is 1. The van der Waals surface area contributed by atoms with Gasteiger partial charge in [-0.05, 0) is 57.6 Å². The summed E-state index contributed by atoms with van der Waals surface area (Å²) in [6, 6.07) is 14.8. The van der Waals surface area contributed by atoms with Crippen LogP contribution in [0.1, 0.15) is 35.3 Å². The zero-order chi connectivity index (χ0) is 26.3. The van der Waals surface area contributed by atoms with E-state index in [0.29, 0.717) is 46.6 Å². The summed E-state index contributed by atoms with van der Waals surface area (Å²) in [5.41, 5.74) is 4.79. The topological polar surface area (TPSA) is 85.4 Å². The first-order chi connectivity index (χ1) is 17.7. The van der Waals surface area contributed by atoms with E-state index in [2.05, 4.69) is 42.2 Å². The van der Waals surface area contributed by atoms with Crippen molar-refractivity contribution in [2.24, 2.45) is 0 Å². The third-order valence-electron chi connectivity index (χ3n) is 7.21. The van der Waals surface area contributed by atoms with E-state index < -0.39 is 0 Å². The number of carbonyl (C=O) groups is 1. The van der Waals surface area contributed by atoms with Crippen LogP contribution in [-0.4, -0.2) is 48.0 Å². The molecular formula is C29H28FN5O2. The molecule has 1 N–H and O–H groups in total. The average Bonchev–Trinajstić information content (AvgIpc) is 3.29. The Kier molecular flexibility index (Phi) is 6.40. The number of anilines is 2. The largest absolute Gasteiger partial charge is 0.463 e. The second-order valence-electron chi connectivity index (χ2n) is 9.75. The Labute approximate surface area is 215 Å². The Morgan fingerprint density at radius 1 is 1.16 bits per heavy atom. The molecule has 1 aliphatic rings. The molecular weight excluding hydrogens is 469 g/mol. The highest BCUT2D eigenvalue weighted by Gasteiger charge is 2.29. The second-order valence-corrected chi connectivity index (χ2v) is 9.75. The smallest absolute Gasteiger partial charge is 0.259 e. The molecule has 0 spiro atoms. The van der Waals surface area contributed by atoms with E-state index in [1.165, 1.54) is 12.3 Å². The van der Waals surface area contributed by atoms with Crippen molar-refractivity contribution in [3.8, 4) is 17.3 Å². The number of aromatic nitrogens is 1. The van der Waals surface area contributed by atoms with Crippen molar-refractivity contribution in [3.63, 3.8) is 0 Å². The lowest BCUT2D eigenvalue weighted by Crippen LogP contribution is -2.55. The average molecular weight is 498 g/mol. The van der Waals surface area contributed by atoms with Gasteiger partial charge in [0, 0.05) is 42.2 Å². The van der Waals surface area contributed by atoms with Crippen molar-refractivity contribution < 1.29 is 13.6 Å². The Morgan fingerprint density at radius 3 is 2.51 bits per heavy atom. The summed E-state index contributed by atoms with van der Waals surface area (Å²) in [7, 11) is 2.08. The molecule has 1 aliphatic heterocycles. The highest BCUT2D eigenvalue weighted by molar-refractivity contribution is 6.12. The van der Waals surface area contributed by atoms with Gasteiger partial charge in [-0.3, -0.25) is 14.7 Å². The Hall–Kier alpha value is -4.22. The van der Waals surface area contributed by atoms with Crippen LogP contribution in [0.2, 0.25) is 0 Å². The highest BCUT2D eigenvalue weighted by Crippen LogP contribution is 2.32. The van der Waals surface area contributed by atoms with Gasteiger partial charge in [-0.1, -0.05) is 12.1 Å². The van der Waals surface area contributed by atoms with Gasteiger partial charge in [0.05, 0.1) is 40.5 Å². The fourth-order valence-corrected chi connectivity index (χ4v) is 4.90. The molecule has 0 bridgehead atoms. The molecule has 5 rings (SSSR count). The van der Waals surface area contributed by atoms with Crippen molar-refractivity contribution >= 4 is 28.3 Å².